The van der Waals surface area contributed by atoms with E-state index < -0.39 is 0 Å². The Balaban J connectivity index is 2.24. The summed E-state index contributed by atoms with van der Waals surface area (Å²) in [6.45, 7) is 2.96. The first-order chi connectivity index (χ1) is 9.60. The van der Waals surface area contributed by atoms with E-state index in [1.807, 2.05) is 18.2 Å². The summed E-state index contributed by atoms with van der Waals surface area (Å²) in [6.07, 6.45) is 1.75. The molecule has 0 bridgehead atoms. The highest BCUT2D eigenvalue weighted by atomic mass is 79.9. The standard InChI is InChI=1S/C15H16BrClFNS/c1-2-7-19-14(9-11-4-6-15(17)20-11)12-8-10(16)3-5-13(12)18/h3-6,8,14,19H,2,7,9H2,1H3. The quantitative estimate of drug-likeness (QED) is 0.693. The lowest BCUT2D eigenvalue weighted by Gasteiger charge is -2.19. The Bertz CT molecular complexity index is 573. The Morgan fingerprint density at radius 1 is 1.35 bits per heavy atom. The van der Waals surface area contributed by atoms with Gasteiger partial charge in [-0.1, -0.05) is 34.5 Å². The lowest BCUT2D eigenvalue weighted by Crippen LogP contribution is -2.24. The Morgan fingerprint density at radius 2 is 2.15 bits per heavy atom. The molecule has 0 saturated carbocycles. The molecule has 2 rings (SSSR count). The molecule has 1 unspecified atom stereocenters. The lowest BCUT2D eigenvalue weighted by molar-refractivity contribution is 0.499. The smallest absolute Gasteiger partial charge is 0.128 e. The molecule has 0 radical (unpaired) electrons. The van der Waals surface area contributed by atoms with Gasteiger partial charge in [-0.15, -0.1) is 11.3 Å². The normalized spacial score (nSPS) is 12.6. The fourth-order valence-corrected chi connectivity index (χ4v) is 3.57. The summed E-state index contributed by atoms with van der Waals surface area (Å²) in [7, 11) is 0. The van der Waals surface area contributed by atoms with Gasteiger partial charge in [-0.05, 0) is 43.3 Å². The molecular formula is C15H16BrClFNS. The molecule has 0 aliphatic carbocycles. The van der Waals surface area contributed by atoms with Gasteiger partial charge in [0.2, 0.25) is 0 Å². The van der Waals surface area contributed by atoms with E-state index >= 15 is 0 Å². The fourth-order valence-electron chi connectivity index (χ4n) is 2.05. The van der Waals surface area contributed by atoms with Gasteiger partial charge in [0.05, 0.1) is 4.34 Å². The van der Waals surface area contributed by atoms with Crippen molar-refractivity contribution in [3.05, 3.63) is 55.4 Å². The van der Waals surface area contributed by atoms with Gasteiger partial charge in [-0.25, -0.2) is 4.39 Å². The molecule has 1 nitrogen and oxygen atoms in total. The molecule has 1 aromatic carbocycles. The Morgan fingerprint density at radius 3 is 2.80 bits per heavy atom. The number of hydrogen-bond acceptors (Lipinski definition) is 2. The molecule has 0 aliphatic heterocycles. The van der Waals surface area contributed by atoms with Crippen LogP contribution >= 0.6 is 38.9 Å². The number of rotatable bonds is 6. The van der Waals surface area contributed by atoms with Crippen LogP contribution < -0.4 is 5.32 Å². The van der Waals surface area contributed by atoms with Crippen LogP contribution in [0.5, 0.6) is 0 Å². The van der Waals surface area contributed by atoms with Crippen molar-refractivity contribution in [3.8, 4) is 0 Å². The molecule has 2 aromatic rings. The molecule has 0 aliphatic rings. The third-order valence-corrected chi connectivity index (χ3v) is 4.76. The third-order valence-electron chi connectivity index (χ3n) is 3.01. The zero-order chi connectivity index (χ0) is 14.5. The molecule has 1 heterocycles. The van der Waals surface area contributed by atoms with Crippen molar-refractivity contribution in [2.24, 2.45) is 0 Å². The van der Waals surface area contributed by atoms with Crippen LogP contribution in [-0.2, 0) is 6.42 Å². The zero-order valence-corrected chi connectivity index (χ0v) is 14.3. The number of nitrogens with one attached hydrogen (secondary N) is 1. The highest BCUT2D eigenvalue weighted by Crippen LogP contribution is 2.29. The first-order valence-electron chi connectivity index (χ1n) is 6.52. The van der Waals surface area contributed by atoms with Crippen molar-refractivity contribution >= 4 is 38.9 Å². The summed E-state index contributed by atoms with van der Waals surface area (Å²) >= 11 is 10.9. The van der Waals surface area contributed by atoms with Crippen LogP contribution in [0.3, 0.4) is 0 Å². The second-order valence-electron chi connectivity index (χ2n) is 4.58. The van der Waals surface area contributed by atoms with Crippen LogP contribution in [0.4, 0.5) is 4.39 Å². The van der Waals surface area contributed by atoms with Crippen LogP contribution in [0.25, 0.3) is 0 Å². The SMILES string of the molecule is CCCNC(Cc1ccc(Cl)s1)c1cc(Br)ccc1F. The van der Waals surface area contributed by atoms with Gasteiger partial charge in [-0.3, -0.25) is 0 Å². The maximum absolute atomic E-state index is 14.1. The van der Waals surface area contributed by atoms with Crippen LogP contribution in [0, 0.1) is 5.82 Å². The molecule has 5 heteroatoms. The van der Waals surface area contributed by atoms with Gasteiger partial charge in [0.15, 0.2) is 0 Å². The summed E-state index contributed by atoms with van der Waals surface area (Å²) in [4.78, 5) is 1.16. The number of benzene rings is 1. The minimum Gasteiger partial charge on any atom is -0.310 e. The van der Waals surface area contributed by atoms with Gasteiger partial charge in [0.25, 0.3) is 0 Å². The summed E-state index contributed by atoms with van der Waals surface area (Å²) in [6, 6.07) is 8.91. The van der Waals surface area contributed by atoms with E-state index in [2.05, 4.69) is 28.2 Å². The molecule has 0 amide bonds. The largest absolute Gasteiger partial charge is 0.310 e. The molecule has 108 valence electrons. The van der Waals surface area contributed by atoms with Crippen LogP contribution in [-0.4, -0.2) is 6.54 Å². The second-order valence-corrected chi connectivity index (χ2v) is 7.30. The lowest BCUT2D eigenvalue weighted by atomic mass is 10.0. The van der Waals surface area contributed by atoms with Crippen molar-refractivity contribution in [3.63, 3.8) is 0 Å². The Labute approximate surface area is 136 Å². The Kier molecular flexibility index (Phi) is 6.02. The van der Waals surface area contributed by atoms with E-state index in [-0.39, 0.29) is 11.9 Å². The van der Waals surface area contributed by atoms with Crippen molar-refractivity contribution in [2.75, 3.05) is 6.54 Å². The summed E-state index contributed by atoms with van der Waals surface area (Å²) < 4.78 is 15.7. The maximum atomic E-state index is 14.1. The minimum atomic E-state index is -0.176. The second kappa shape index (κ2) is 7.55. The van der Waals surface area contributed by atoms with Crippen molar-refractivity contribution in [1.82, 2.24) is 5.32 Å². The molecule has 0 spiro atoms. The predicted molar refractivity (Wildman–Crippen MR) is 88.2 cm³/mol. The van der Waals surface area contributed by atoms with Crippen molar-refractivity contribution in [1.29, 1.82) is 0 Å². The van der Waals surface area contributed by atoms with Gasteiger partial charge >= 0.3 is 0 Å². The molecule has 1 N–H and O–H groups in total. The number of hydrogen-bond donors (Lipinski definition) is 1. The highest BCUT2D eigenvalue weighted by Gasteiger charge is 2.17. The third kappa shape index (κ3) is 4.29. The van der Waals surface area contributed by atoms with E-state index in [0.29, 0.717) is 5.56 Å². The van der Waals surface area contributed by atoms with Gasteiger partial charge in [0.1, 0.15) is 5.82 Å². The van der Waals surface area contributed by atoms with Gasteiger partial charge in [-0.2, -0.15) is 0 Å². The molecular weight excluding hydrogens is 361 g/mol. The predicted octanol–water partition coefficient (Wildman–Crippen LogP) is 5.59. The average molecular weight is 377 g/mol. The minimum absolute atomic E-state index is 0.0397. The first-order valence-corrected chi connectivity index (χ1v) is 8.51. The fraction of sp³-hybridized carbons (Fsp3) is 0.333. The van der Waals surface area contributed by atoms with E-state index in [9.17, 15) is 4.39 Å². The van der Waals surface area contributed by atoms with Gasteiger partial charge in [0, 0.05) is 27.4 Å². The van der Waals surface area contributed by atoms with Crippen LogP contribution in [0.1, 0.15) is 29.8 Å². The van der Waals surface area contributed by atoms with Crippen LogP contribution in [0.15, 0.2) is 34.8 Å². The average Bonchev–Trinajstić information content (AvgIpc) is 2.83. The Hall–Kier alpha value is -0.420. The molecule has 0 fully saturated rings. The highest BCUT2D eigenvalue weighted by molar-refractivity contribution is 9.10. The van der Waals surface area contributed by atoms with Gasteiger partial charge < -0.3 is 5.32 Å². The van der Waals surface area contributed by atoms with Crippen LogP contribution in [0.2, 0.25) is 4.34 Å². The van der Waals surface area contributed by atoms with E-state index in [4.69, 9.17) is 11.6 Å². The first kappa shape index (κ1) is 16.0. The summed E-state index contributed by atoms with van der Waals surface area (Å²) in [5.41, 5.74) is 0.692. The maximum Gasteiger partial charge on any atom is 0.128 e. The summed E-state index contributed by atoms with van der Waals surface area (Å²) in [5, 5.41) is 3.41. The monoisotopic (exact) mass is 375 g/mol. The number of thiophene rings is 1. The van der Waals surface area contributed by atoms with Crippen molar-refractivity contribution < 1.29 is 4.39 Å². The molecule has 0 saturated heterocycles. The molecule has 1 aromatic heterocycles. The molecule has 1 atom stereocenters. The van der Waals surface area contributed by atoms with E-state index in [1.165, 1.54) is 6.07 Å². The van der Waals surface area contributed by atoms with Crippen molar-refractivity contribution in [2.45, 2.75) is 25.8 Å². The topological polar surface area (TPSA) is 12.0 Å². The van der Waals surface area contributed by atoms with E-state index in [1.54, 1.807) is 17.4 Å². The number of halogens is 3. The zero-order valence-electron chi connectivity index (χ0n) is 11.1. The van der Waals surface area contributed by atoms with E-state index in [0.717, 1.165) is 33.1 Å². The summed E-state index contributed by atoms with van der Waals surface area (Å²) in [5.74, 6) is -0.176. The molecule has 20 heavy (non-hydrogen) atoms.